The van der Waals surface area contributed by atoms with Crippen LogP contribution in [0.15, 0.2) is 48.5 Å². The molecule has 0 aromatic heterocycles. The molecule has 1 fully saturated rings. The van der Waals surface area contributed by atoms with Gasteiger partial charge in [0.05, 0.1) is 19.3 Å². The summed E-state index contributed by atoms with van der Waals surface area (Å²) in [7, 11) is 1.44. The smallest absolute Gasteiger partial charge is 0.200 e. The fraction of sp³-hybridized carbons (Fsp3) is 0.520. The number of aliphatic hydroxyl groups is 2. The van der Waals surface area contributed by atoms with E-state index < -0.39 is 12.6 Å². The maximum Gasteiger partial charge on any atom is 0.200 e. The summed E-state index contributed by atoms with van der Waals surface area (Å²) in [6, 6.07) is 14.1. The van der Waals surface area contributed by atoms with Gasteiger partial charge >= 0.3 is 0 Å². The van der Waals surface area contributed by atoms with E-state index in [2.05, 4.69) is 24.4 Å². The minimum Gasteiger partial charge on any atom is -0.365 e. The average Bonchev–Trinajstić information content (AvgIpc) is 2.85. The van der Waals surface area contributed by atoms with E-state index in [-0.39, 0.29) is 23.6 Å². The molecule has 1 saturated carbocycles. The molecule has 1 aliphatic rings. The maximum absolute atomic E-state index is 10.5. The van der Waals surface area contributed by atoms with Crippen molar-refractivity contribution in [1.29, 1.82) is 0 Å². The lowest BCUT2D eigenvalue weighted by atomic mass is 9.85. The first-order valence-electron chi connectivity index (χ1n) is 11.5. The zero-order chi connectivity index (χ0) is 24.5. The van der Waals surface area contributed by atoms with Gasteiger partial charge in [0, 0.05) is 5.56 Å². The van der Waals surface area contributed by atoms with Crippen LogP contribution < -0.4 is 9.78 Å². The molecule has 0 radical (unpaired) electrons. The van der Waals surface area contributed by atoms with E-state index in [1.807, 2.05) is 12.1 Å². The summed E-state index contributed by atoms with van der Waals surface area (Å²) in [5.41, 5.74) is 1.17. The number of thiol groups is 1. The third kappa shape index (κ3) is 7.84. The number of benzene rings is 2. The minimum atomic E-state index is -1.01. The normalized spacial score (nSPS) is 23.2. The number of rotatable bonds is 12. The molecule has 0 heterocycles. The van der Waals surface area contributed by atoms with Crippen LogP contribution in [0.2, 0.25) is 0 Å². The Morgan fingerprint density at radius 1 is 0.912 bits per heavy atom. The van der Waals surface area contributed by atoms with Gasteiger partial charge in [-0.05, 0) is 61.4 Å². The number of aliphatic hydroxyl groups excluding tert-OH is 2. The second-order valence-corrected chi connectivity index (χ2v) is 8.83. The van der Waals surface area contributed by atoms with Crippen molar-refractivity contribution in [2.45, 2.75) is 69.8 Å². The van der Waals surface area contributed by atoms with Crippen molar-refractivity contribution in [1.82, 2.24) is 0 Å². The van der Waals surface area contributed by atoms with Crippen molar-refractivity contribution in [3.63, 3.8) is 0 Å². The molecule has 0 spiro atoms. The molecule has 2 aromatic carbocycles. The van der Waals surface area contributed by atoms with Crippen LogP contribution in [-0.2, 0) is 19.2 Å². The highest BCUT2D eigenvalue weighted by Crippen LogP contribution is 2.35. The molecule has 8 nitrogen and oxygen atoms in total. The lowest BCUT2D eigenvalue weighted by molar-refractivity contribution is -0.305. The SMILES string of the molecule is CC[C@@H](O)OOc1ccc([C@@H](S)OC2CCC(OC(O)c3ccc(OOC)cc3)C[C@H]2C)cc1. The van der Waals surface area contributed by atoms with Gasteiger partial charge in [0.1, 0.15) is 5.44 Å². The Morgan fingerprint density at radius 2 is 1.53 bits per heavy atom. The molecule has 2 N–H and O–H groups in total. The molecular formula is C25H34O8S. The third-order valence-corrected chi connectivity index (χ3v) is 6.20. The molecule has 34 heavy (non-hydrogen) atoms. The Kier molecular flexibility index (Phi) is 10.5. The van der Waals surface area contributed by atoms with Gasteiger partial charge in [-0.15, -0.1) is 12.6 Å². The Labute approximate surface area is 206 Å². The van der Waals surface area contributed by atoms with Crippen molar-refractivity contribution in [2.75, 3.05) is 7.11 Å². The topological polar surface area (TPSA) is 95.8 Å². The zero-order valence-corrected chi connectivity index (χ0v) is 20.6. The molecule has 1 aliphatic carbocycles. The second kappa shape index (κ2) is 13.3. The Balaban J connectivity index is 1.45. The van der Waals surface area contributed by atoms with Crippen LogP contribution in [-0.4, -0.2) is 35.8 Å². The predicted octanol–water partition coefficient (Wildman–Crippen LogP) is 4.88. The van der Waals surface area contributed by atoms with Gasteiger partial charge in [0.15, 0.2) is 24.1 Å². The van der Waals surface area contributed by atoms with Gasteiger partial charge in [-0.25, -0.2) is 0 Å². The van der Waals surface area contributed by atoms with Crippen molar-refractivity contribution >= 4 is 12.6 Å². The molecule has 188 valence electrons. The summed E-state index contributed by atoms with van der Waals surface area (Å²) in [6.07, 6.45) is 0.799. The molecule has 6 atom stereocenters. The van der Waals surface area contributed by atoms with Crippen molar-refractivity contribution in [3.05, 3.63) is 59.7 Å². The zero-order valence-electron chi connectivity index (χ0n) is 19.7. The highest BCUT2D eigenvalue weighted by Gasteiger charge is 2.31. The number of hydrogen-bond donors (Lipinski definition) is 3. The summed E-state index contributed by atoms with van der Waals surface area (Å²) in [4.78, 5) is 19.5. The van der Waals surface area contributed by atoms with E-state index in [4.69, 9.17) is 24.1 Å². The fourth-order valence-corrected chi connectivity index (χ4v) is 4.13. The van der Waals surface area contributed by atoms with E-state index in [1.54, 1.807) is 43.3 Å². The van der Waals surface area contributed by atoms with E-state index in [1.165, 1.54) is 7.11 Å². The maximum atomic E-state index is 10.5. The van der Waals surface area contributed by atoms with Crippen LogP contribution in [0, 0.1) is 5.92 Å². The fourth-order valence-electron chi connectivity index (χ4n) is 3.80. The lowest BCUT2D eigenvalue weighted by Gasteiger charge is -2.36. The summed E-state index contributed by atoms with van der Waals surface area (Å²) >= 11 is 4.63. The van der Waals surface area contributed by atoms with E-state index in [0.717, 1.165) is 24.8 Å². The molecule has 0 amide bonds. The van der Waals surface area contributed by atoms with E-state index >= 15 is 0 Å². The van der Waals surface area contributed by atoms with Gasteiger partial charge in [-0.2, -0.15) is 9.78 Å². The Hall–Kier alpha value is -1.85. The molecule has 2 aromatic rings. The predicted molar refractivity (Wildman–Crippen MR) is 128 cm³/mol. The first-order chi connectivity index (χ1) is 16.4. The highest BCUT2D eigenvalue weighted by molar-refractivity contribution is 7.80. The highest BCUT2D eigenvalue weighted by atomic mass is 32.1. The number of ether oxygens (including phenoxy) is 2. The summed E-state index contributed by atoms with van der Waals surface area (Å²) in [5.74, 6) is 1.28. The standard InChI is InChI=1S/C25H34O8S/c1-4-23(26)33-32-20-11-7-18(8-12-20)25(34)30-22-14-13-21(15-16(22)2)29-24(27)17-5-9-19(10-6-17)31-28-3/h5-12,16,21-27,34H,4,13-15H2,1-3H3/t16-,21?,22?,23+,24?,25-/m1/s1. The van der Waals surface area contributed by atoms with Crippen molar-refractivity contribution < 1.29 is 39.2 Å². The van der Waals surface area contributed by atoms with Crippen LogP contribution >= 0.6 is 12.6 Å². The Morgan fingerprint density at radius 3 is 2.12 bits per heavy atom. The van der Waals surface area contributed by atoms with Crippen LogP contribution in [0.3, 0.4) is 0 Å². The van der Waals surface area contributed by atoms with Crippen molar-refractivity contribution in [3.8, 4) is 11.5 Å². The monoisotopic (exact) mass is 494 g/mol. The van der Waals surface area contributed by atoms with Gasteiger partial charge in [-0.3, -0.25) is 0 Å². The van der Waals surface area contributed by atoms with Crippen molar-refractivity contribution in [2.24, 2.45) is 5.92 Å². The first-order valence-corrected chi connectivity index (χ1v) is 12.0. The van der Waals surface area contributed by atoms with E-state index in [9.17, 15) is 10.2 Å². The minimum absolute atomic E-state index is 0.0314. The van der Waals surface area contributed by atoms with Gasteiger partial charge in [-0.1, -0.05) is 38.1 Å². The first kappa shape index (κ1) is 26.7. The number of hydrogen-bond acceptors (Lipinski definition) is 9. The third-order valence-electron chi connectivity index (χ3n) is 5.78. The summed E-state index contributed by atoms with van der Waals surface area (Å²) in [6.45, 7) is 3.91. The van der Waals surface area contributed by atoms with Crippen LogP contribution in [0.4, 0.5) is 0 Å². The van der Waals surface area contributed by atoms with Crippen LogP contribution in [0.5, 0.6) is 11.5 Å². The Bertz CT molecular complexity index is 847. The largest absolute Gasteiger partial charge is 0.365 e. The molecule has 0 bridgehead atoms. The molecule has 0 aliphatic heterocycles. The van der Waals surface area contributed by atoms with Gasteiger partial charge in [0.25, 0.3) is 0 Å². The molecular weight excluding hydrogens is 460 g/mol. The average molecular weight is 495 g/mol. The summed E-state index contributed by atoms with van der Waals surface area (Å²) in [5, 5.41) is 19.9. The van der Waals surface area contributed by atoms with E-state index in [0.29, 0.717) is 23.5 Å². The van der Waals surface area contributed by atoms with Crippen LogP contribution in [0.25, 0.3) is 0 Å². The molecule has 3 unspecified atom stereocenters. The lowest BCUT2D eigenvalue weighted by Crippen LogP contribution is -2.34. The van der Waals surface area contributed by atoms with Gasteiger partial charge < -0.3 is 29.5 Å². The van der Waals surface area contributed by atoms with Gasteiger partial charge in [0.2, 0.25) is 0 Å². The quantitative estimate of drug-likeness (QED) is 0.166. The molecule has 0 saturated heterocycles. The van der Waals surface area contributed by atoms with Crippen LogP contribution in [0.1, 0.15) is 62.4 Å². The molecule has 9 heteroatoms. The summed E-state index contributed by atoms with van der Waals surface area (Å²) < 4.78 is 12.1. The molecule has 3 rings (SSSR count). The second-order valence-electron chi connectivity index (χ2n) is 8.36.